The Labute approximate surface area is 174 Å². The van der Waals surface area contributed by atoms with E-state index in [9.17, 15) is 0 Å². The molecule has 0 atom stereocenters. The summed E-state index contributed by atoms with van der Waals surface area (Å²) >= 11 is 0.437. The van der Waals surface area contributed by atoms with Crippen molar-refractivity contribution in [2.45, 2.75) is 0 Å². The first-order chi connectivity index (χ1) is 13.8. The summed E-state index contributed by atoms with van der Waals surface area (Å²) in [6, 6.07) is 24.6. The zero-order valence-electron chi connectivity index (χ0n) is 14.6. The van der Waals surface area contributed by atoms with Crippen LogP contribution < -0.4 is 0 Å². The van der Waals surface area contributed by atoms with E-state index in [1.54, 1.807) is 0 Å². The van der Waals surface area contributed by atoms with Crippen LogP contribution in [-0.2, 0) is 0 Å². The van der Waals surface area contributed by atoms with Crippen molar-refractivity contribution in [1.82, 2.24) is 9.97 Å². The average molecular weight is 486 g/mol. The third-order valence-electron chi connectivity index (χ3n) is 4.10. The van der Waals surface area contributed by atoms with Gasteiger partial charge in [0.15, 0.2) is 0 Å². The van der Waals surface area contributed by atoms with E-state index in [4.69, 9.17) is 0 Å². The van der Waals surface area contributed by atoms with Gasteiger partial charge < -0.3 is 0 Å². The third kappa shape index (κ3) is 3.74. The molecule has 0 saturated heterocycles. The van der Waals surface area contributed by atoms with Gasteiger partial charge in [-0.2, -0.15) is 0 Å². The summed E-state index contributed by atoms with van der Waals surface area (Å²) < 4.78 is 4.59. The maximum atomic E-state index is 4.61. The molecule has 0 amide bonds. The van der Waals surface area contributed by atoms with Crippen LogP contribution in [0.3, 0.4) is 0 Å². The average Bonchev–Trinajstić information content (AvgIpc) is 3.34. The first kappa shape index (κ1) is 17.3. The summed E-state index contributed by atoms with van der Waals surface area (Å²) in [4.78, 5) is 9.22. The van der Waals surface area contributed by atoms with Crippen LogP contribution in [0, 0.1) is 23.7 Å². The molecular formula is C24H12N2Se2. The van der Waals surface area contributed by atoms with Crippen LogP contribution in [-0.4, -0.2) is 39.0 Å². The quantitative estimate of drug-likeness (QED) is 0.247. The Morgan fingerprint density at radius 3 is 1.36 bits per heavy atom. The molecule has 0 fully saturated rings. The fourth-order valence-corrected chi connectivity index (χ4v) is 6.18. The van der Waals surface area contributed by atoms with Gasteiger partial charge in [0.05, 0.1) is 0 Å². The monoisotopic (exact) mass is 488 g/mol. The van der Waals surface area contributed by atoms with Crippen LogP contribution in [0.5, 0.6) is 0 Å². The van der Waals surface area contributed by atoms with E-state index in [0.29, 0.717) is 0 Å². The molecule has 0 aliphatic rings. The predicted molar refractivity (Wildman–Crippen MR) is 116 cm³/mol. The number of nitrogens with zero attached hydrogens (tertiary/aromatic N) is 2. The van der Waals surface area contributed by atoms with Crippen molar-refractivity contribution in [2.24, 2.45) is 0 Å². The second-order valence-corrected chi connectivity index (χ2v) is 10.4. The maximum absolute atomic E-state index is 4.61. The molecule has 4 heteroatoms. The number of hydrogen-bond donors (Lipinski definition) is 0. The minimum atomic E-state index is 0.219. The first-order valence-corrected chi connectivity index (χ1v) is 12.1. The van der Waals surface area contributed by atoms with Crippen LogP contribution in [0.15, 0.2) is 72.8 Å². The Morgan fingerprint density at radius 1 is 0.500 bits per heavy atom. The Morgan fingerprint density at radius 2 is 0.929 bits per heavy atom. The summed E-state index contributed by atoms with van der Waals surface area (Å²) in [5, 5.41) is 0. The number of fused-ring (bicyclic) bond motifs is 2. The molecule has 0 N–H and O–H groups in total. The van der Waals surface area contributed by atoms with Gasteiger partial charge in [0, 0.05) is 0 Å². The van der Waals surface area contributed by atoms with Crippen molar-refractivity contribution in [3.05, 3.63) is 93.1 Å². The molecule has 0 radical (unpaired) electrons. The van der Waals surface area contributed by atoms with Crippen LogP contribution >= 0.6 is 0 Å². The van der Waals surface area contributed by atoms with Gasteiger partial charge in [-0.15, -0.1) is 0 Å². The Balaban J connectivity index is 1.35. The molecule has 0 spiro atoms. The summed E-state index contributed by atoms with van der Waals surface area (Å²) in [5.74, 6) is 12.9. The molecule has 2 heterocycles. The van der Waals surface area contributed by atoms with Gasteiger partial charge in [-0.05, 0) is 0 Å². The topological polar surface area (TPSA) is 25.8 Å². The standard InChI is InChI=1S/C24H12N2Se2/c1-3-7-21-19(5-1)25-23(27-21)15-13-17-9-11-18(12-10-17)14-16-24-26-20-6-2-4-8-22(20)28-24/h1-12H. The SMILES string of the molecule is C(#Cc1nc2ccccc2[se]1)c1ccc(C#Cc2nc3ccccc3[se]2)cc1. The molecule has 5 rings (SSSR count). The molecule has 2 aromatic heterocycles. The molecule has 0 bridgehead atoms. The normalized spacial score (nSPS) is 10.3. The van der Waals surface area contributed by atoms with Gasteiger partial charge in [0.25, 0.3) is 0 Å². The molecule has 0 aliphatic heterocycles. The summed E-state index contributed by atoms with van der Waals surface area (Å²) in [5.41, 5.74) is 4.09. The number of rotatable bonds is 0. The summed E-state index contributed by atoms with van der Waals surface area (Å²) in [6.07, 6.45) is 0. The molecule has 0 unspecified atom stereocenters. The van der Waals surface area contributed by atoms with Crippen molar-refractivity contribution in [1.29, 1.82) is 0 Å². The molecular weight excluding hydrogens is 474 g/mol. The van der Waals surface area contributed by atoms with E-state index >= 15 is 0 Å². The fourth-order valence-electron chi connectivity index (χ4n) is 2.74. The summed E-state index contributed by atoms with van der Waals surface area (Å²) in [6.45, 7) is 0. The van der Waals surface area contributed by atoms with Crippen LogP contribution in [0.4, 0.5) is 0 Å². The van der Waals surface area contributed by atoms with Gasteiger partial charge in [0.2, 0.25) is 0 Å². The van der Waals surface area contributed by atoms with Gasteiger partial charge in [-0.1, -0.05) is 0 Å². The second-order valence-electron chi connectivity index (χ2n) is 6.05. The van der Waals surface area contributed by atoms with Gasteiger partial charge >= 0.3 is 175 Å². The van der Waals surface area contributed by atoms with Crippen molar-refractivity contribution < 1.29 is 0 Å². The van der Waals surface area contributed by atoms with Crippen LogP contribution in [0.2, 0.25) is 0 Å². The first-order valence-electron chi connectivity index (χ1n) is 8.69. The molecule has 3 aromatic carbocycles. The minimum absolute atomic E-state index is 0.219. The number of aromatic nitrogens is 2. The van der Waals surface area contributed by atoms with Crippen molar-refractivity contribution in [2.75, 3.05) is 0 Å². The number of para-hydroxylation sites is 2. The van der Waals surface area contributed by atoms with E-state index in [-0.39, 0.29) is 29.0 Å². The molecule has 2 nitrogen and oxygen atoms in total. The van der Waals surface area contributed by atoms with E-state index in [1.807, 2.05) is 48.5 Å². The number of hydrogen-bond acceptors (Lipinski definition) is 2. The van der Waals surface area contributed by atoms with Gasteiger partial charge in [0.1, 0.15) is 0 Å². The Hall–Kier alpha value is -2.84. The van der Waals surface area contributed by atoms with E-state index < -0.39 is 0 Å². The van der Waals surface area contributed by atoms with E-state index in [1.165, 1.54) is 8.52 Å². The van der Waals surface area contributed by atoms with Crippen LogP contribution in [0.25, 0.3) is 19.6 Å². The van der Waals surface area contributed by atoms with Crippen molar-refractivity contribution in [3.63, 3.8) is 0 Å². The van der Waals surface area contributed by atoms with Crippen molar-refractivity contribution >= 4 is 48.6 Å². The van der Waals surface area contributed by atoms with E-state index in [2.05, 4.69) is 57.9 Å². The zero-order chi connectivity index (χ0) is 18.8. The Kier molecular flexibility index (Phi) is 4.72. The fraction of sp³-hybridized carbons (Fsp3) is 0. The molecule has 0 saturated carbocycles. The molecule has 28 heavy (non-hydrogen) atoms. The third-order valence-corrected chi connectivity index (χ3v) is 8.09. The molecule has 5 aromatic rings. The van der Waals surface area contributed by atoms with Crippen LogP contribution in [0.1, 0.15) is 20.3 Å². The Bertz CT molecular complexity index is 1240. The molecule has 130 valence electrons. The van der Waals surface area contributed by atoms with E-state index in [0.717, 1.165) is 31.3 Å². The van der Waals surface area contributed by atoms with Gasteiger partial charge in [-0.25, -0.2) is 0 Å². The molecule has 0 aliphatic carbocycles. The predicted octanol–water partition coefficient (Wildman–Crippen LogP) is 3.70. The van der Waals surface area contributed by atoms with Crippen molar-refractivity contribution in [3.8, 4) is 23.7 Å². The zero-order valence-corrected chi connectivity index (χ0v) is 18.1. The number of benzene rings is 3. The summed E-state index contributed by atoms with van der Waals surface area (Å²) in [7, 11) is 0. The second kappa shape index (κ2) is 7.65. The van der Waals surface area contributed by atoms with Gasteiger partial charge in [-0.3, -0.25) is 0 Å².